The fourth-order valence-corrected chi connectivity index (χ4v) is 2.63. The first-order valence-corrected chi connectivity index (χ1v) is 6.62. The van der Waals surface area contributed by atoms with Gasteiger partial charge in [0.15, 0.2) is 0 Å². The van der Waals surface area contributed by atoms with Gasteiger partial charge in [-0.2, -0.15) is 0 Å². The van der Waals surface area contributed by atoms with E-state index in [2.05, 4.69) is 5.32 Å². The summed E-state index contributed by atoms with van der Waals surface area (Å²) in [7, 11) is 0. The molecule has 3 heteroatoms. The summed E-state index contributed by atoms with van der Waals surface area (Å²) >= 11 is 6.23. The Morgan fingerprint density at radius 2 is 2.12 bits per heavy atom. The lowest BCUT2D eigenvalue weighted by molar-refractivity contribution is 0.0928. The third-order valence-electron chi connectivity index (χ3n) is 3.28. The number of nitrogens with one attached hydrogen (secondary N) is 1. The van der Waals surface area contributed by atoms with Crippen molar-refractivity contribution in [3.8, 4) is 0 Å². The molecule has 1 fully saturated rings. The van der Waals surface area contributed by atoms with Crippen molar-refractivity contribution in [2.75, 3.05) is 0 Å². The predicted molar refractivity (Wildman–Crippen MR) is 70.5 cm³/mol. The van der Waals surface area contributed by atoms with E-state index in [0.29, 0.717) is 0 Å². The number of hydrogen-bond acceptors (Lipinski definition) is 1. The molecule has 0 spiro atoms. The number of benzene rings is 1. The Hall–Kier alpha value is -1.02. The van der Waals surface area contributed by atoms with Crippen LogP contribution in [0.15, 0.2) is 24.3 Å². The van der Waals surface area contributed by atoms with E-state index >= 15 is 0 Å². The van der Waals surface area contributed by atoms with Crippen LogP contribution in [0.3, 0.4) is 0 Å². The Morgan fingerprint density at radius 1 is 1.35 bits per heavy atom. The molecule has 92 valence electrons. The highest BCUT2D eigenvalue weighted by atomic mass is 35.5. The number of hydrogen-bond donors (Lipinski definition) is 1. The van der Waals surface area contributed by atoms with Gasteiger partial charge in [-0.25, -0.2) is 0 Å². The lowest BCUT2D eigenvalue weighted by atomic mass is 9.94. The van der Waals surface area contributed by atoms with Crippen molar-refractivity contribution in [2.24, 2.45) is 0 Å². The zero-order valence-corrected chi connectivity index (χ0v) is 10.8. The lowest BCUT2D eigenvalue weighted by Gasteiger charge is -2.27. The van der Waals surface area contributed by atoms with E-state index in [-0.39, 0.29) is 17.3 Å². The van der Waals surface area contributed by atoms with Gasteiger partial charge >= 0.3 is 0 Å². The topological polar surface area (TPSA) is 29.1 Å². The smallest absolute Gasteiger partial charge is 0.251 e. The van der Waals surface area contributed by atoms with Crippen LogP contribution in [0.4, 0.5) is 0 Å². The maximum atomic E-state index is 12.0. The standard InChI is InChI=1S/C14H18ClNO/c1-10-5-4-6-11(9-10)14(17)16-13-8-3-2-7-12(13)15/h4-6,9,12-13H,2-3,7-8H2,1H3,(H,16,17). The summed E-state index contributed by atoms with van der Waals surface area (Å²) in [6, 6.07) is 7.76. The van der Waals surface area contributed by atoms with E-state index in [0.717, 1.165) is 30.4 Å². The molecular formula is C14H18ClNO. The summed E-state index contributed by atoms with van der Waals surface area (Å²) in [5, 5.41) is 3.12. The van der Waals surface area contributed by atoms with Gasteiger partial charge in [0.25, 0.3) is 5.91 Å². The van der Waals surface area contributed by atoms with Crippen molar-refractivity contribution in [3.05, 3.63) is 35.4 Å². The molecular weight excluding hydrogens is 234 g/mol. The van der Waals surface area contributed by atoms with Crippen LogP contribution in [0.1, 0.15) is 41.6 Å². The van der Waals surface area contributed by atoms with Crippen LogP contribution in [0, 0.1) is 6.92 Å². The van der Waals surface area contributed by atoms with Gasteiger partial charge in [-0.15, -0.1) is 11.6 Å². The van der Waals surface area contributed by atoms with Crippen LogP contribution in [-0.2, 0) is 0 Å². The van der Waals surface area contributed by atoms with Gasteiger partial charge in [-0.3, -0.25) is 4.79 Å². The molecule has 2 nitrogen and oxygen atoms in total. The van der Waals surface area contributed by atoms with Crippen LogP contribution in [0.25, 0.3) is 0 Å². The zero-order chi connectivity index (χ0) is 12.3. The lowest BCUT2D eigenvalue weighted by Crippen LogP contribution is -2.42. The monoisotopic (exact) mass is 251 g/mol. The summed E-state index contributed by atoms with van der Waals surface area (Å²) in [4.78, 5) is 12.0. The Balaban J connectivity index is 2.01. The first-order chi connectivity index (χ1) is 8.16. The predicted octanol–water partition coefficient (Wildman–Crippen LogP) is 3.27. The third-order valence-corrected chi connectivity index (χ3v) is 3.80. The molecule has 17 heavy (non-hydrogen) atoms. The molecule has 0 radical (unpaired) electrons. The molecule has 1 amide bonds. The molecule has 1 aliphatic rings. The van der Waals surface area contributed by atoms with E-state index < -0.39 is 0 Å². The molecule has 2 atom stereocenters. The number of rotatable bonds is 2. The van der Waals surface area contributed by atoms with Gasteiger partial charge in [-0.1, -0.05) is 30.5 Å². The number of aryl methyl sites for hydroxylation is 1. The van der Waals surface area contributed by atoms with Crippen molar-refractivity contribution in [2.45, 2.75) is 44.0 Å². The summed E-state index contributed by atoms with van der Waals surface area (Å²) in [5.41, 5.74) is 1.82. The average molecular weight is 252 g/mol. The summed E-state index contributed by atoms with van der Waals surface area (Å²) in [5.74, 6) is -0.00810. The molecule has 0 saturated heterocycles. The molecule has 2 rings (SSSR count). The van der Waals surface area contributed by atoms with Gasteiger partial charge in [-0.05, 0) is 31.9 Å². The van der Waals surface area contributed by atoms with Crippen molar-refractivity contribution < 1.29 is 4.79 Å². The van der Waals surface area contributed by atoms with Crippen molar-refractivity contribution in [1.82, 2.24) is 5.32 Å². The first-order valence-electron chi connectivity index (χ1n) is 6.18. The fourth-order valence-electron chi connectivity index (χ4n) is 2.29. The molecule has 1 saturated carbocycles. The van der Waals surface area contributed by atoms with E-state index in [9.17, 15) is 4.79 Å². The molecule has 0 aromatic heterocycles. The molecule has 0 heterocycles. The number of amides is 1. The van der Waals surface area contributed by atoms with E-state index in [1.807, 2.05) is 31.2 Å². The SMILES string of the molecule is Cc1cccc(C(=O)NC2CCCCC2Cl)c1. The second-order valence-corrected chi connectivity index (χ2v) is 5.31. The van der Waals surface area contributed by atoms with E-state index in [4.69, 9.17) is 11.6 Å². The van der Waals surface area contributed by atoms with Crippen molar-refractivity contribution >= 4 is 17.5 Å². The van der Waals surface area contributed by atoms with Gasteiger partial charge in [0, 0.05) is 11.6 Å². The highest BCUT2D eigenvalue weighted by Crippen LogP contribution is 2.23. The second-order valence-electron chi connectivity index (χ2n) is 4.75. The maximum absolute atomic E-state index is 12.0. The minimum absolute atomic E-state index is 0.00810. The quantitative estimate of drug-likeness (QED) is 0.803. The van der Waals surface area contributed by atoms with Gasteiger partial charge in [0.2, 0.25) is 0 Å². The first kappa shape index (κ1) is 12.4. The summed E-state index contributed by atoms with van der Waals surface area (Å²) in [6.45, 7) is 1.99. The van der Waals surface area contributed by atoms with Crippen LogP contribution in [0.2, 0.25) is 0 Å². The number of halogens is 1. The Morgan fingerprint density at radius 3 is 2.82 bits per heavy atom. The summed E-state index contributed by atoms with van der Waals surface area (Å²) in [6.07, 6.45) is 4.32. The van der Waals surface area contributed by atoms with E-state index in [1.54, 1.807) is 0 Å². The molecule has 1 N–H and O–H groups in total. The fraction of sp³-hybridized carbons (Fsp3) is 0.500. The van der Waals surface area contributed by atoms with Crippen LogP contribution in [0.5, 0.6) is 0 Å². The highest BCUT2D eigenvalue weighted by Gasteiger charge is 2.24. The molecule has 0 bridgehead atoms. The Bertz CT molecular complexity index is 405. The normalized spacial score (nSPS) is 24.4. The number of carbonyl (C=O) groups excluding carboxylic acids is 1. The minimum Gasteiger partial charge on any atom is -0.348 e. The van der Waals surface area contributed by atoms with E-state index in [1.165, 1.54) is 6.42 Å². The average Bonchev–Trinajstić information content (AvgIpc) is 2.32. The van der Waals surface area contributed by atoms with Gasteiger partial charge in [0.1, 0.15) is 0 Å². The summed E-state index contributed by atoms with van der Waals surface area (Å²) < 4.78 is 0. The third kappa shape index (κ3) is 3.22. The maximum Gasteiger partial charge on any atom is 0.251 e. The van der Waals surface area contributed by atoms with Crippen LogP contribution in [-0.4, -0.2) is 17.3 Å². The largest absolute Gasteiger partial charge is 0.348 e. The Labute approximate surface area is 107 Å². The van der Waals surface area contributed by atoms with Gasteiger partial charge < -0.3 is 5.32 Å². The van der Waals surface area contributed by atoms with Gasteiger partial charge in [0.05, 0.1) is 5.38 Å². The zero-order valence-electron chi connectivity index (χ0n) is 10.1. The number of alkyl halides is 1. The molecule has 1 aromatic carbocycles. The molecule has 1 aliphatic carbocycles. The van der Waals surface area contributed by atoms with Crippen molar-refractivity contribution in [3.63, 3.8) is 0 Å². The molecule has 0 aliphatic heterocycles. The van der Waals surface area contributed by atoms with Crippen molar-refractivity contribution in [1.29, 1.82) is 0 Å². The molecule has 2 unspecified atom stereocenters. The van der Waals surface area contributed by atoms with Crippen LogP contribution >= 0.6 is 11.6 Å². The molecule has 1 aromatic rings. The second kappa shape index (κ2) is 5.54. The highest BCUT2D eigenvalue weighted by molar-refractivity contribution is 6.21. The number of carbonyl (C=O) groups is 1. The minimum atomic E-state index is -0.00810. The van der Waals surface area contributed by atoms with Crippen LogP contribution < -0.4 is 5.32 Å². The Kier molecular flexibility index (Phi) is 4.06.